The molecule has 0 aliphatic rings. The fourth-order valence-corrected chi connectivity index (χ4v) is 1.74. The van der Waals surface area contributed by atoms with E-state index in [-0.39, 0.29) is 18.3 Å². The van der Waals surface area contributed by atoms with E-state index >= 15 is 0 Å². The Morgan fingerprint density at radius 2 is 1.95 bits per heavy atom. The SMILES string of the molecule is CNCCc1ccccc1C(=O)NCC(C)N(C)C.Cl. The van der Waals surface area contributed by atoms with Crippen LogP contribution < -0.4 is 10.6 Å². The van der Waals surface area contributed by atoms with Gasteiger partial charge in [0.05, 0.1) is 0 Å². The fourth-order valence-electron chi connectivity index (χ4n) is 1.74. The molecule has 20 heavy (non-hydrogen) atoms. The maximum Gasteiger partial charge on any atom is 0.251 e. The highest BCUT2D eigenvalue weighted by Gasteiger charge is 2.12. The van der Waals surface area contributed by atoms with Crippen LogP contribution in [0.5, 0.6) is 0 Å². The Bertz CT molecular complexity index is 410. The number of benzene rings is 1. The summed E-state index contributed by atoms with van der Waals surface area (Å²) in [7, 11) is 5.94. The quantitative estimate of drug-likeness (QED) is 0.803. The van der Waals surface area contributed by atoms with Crippen LogP contribution in [0.2, 0.25) is 0 Å². The lowest BCUT2D eigenvalue weighted by atomic mass is 10.0. The summed E-state index contributed by atoms with van der Waals surface area (Å²) in [6.07, 6.45) is 0.864. The van der Waals surface area contributed by atoms with Crippen LogP contribution in [0.4, 0.5) is 0 Å². The van der Waals surface area contributed by atoms with Crippen molar-refractivity contribution in [1.82, 2.24) is 15.5 Å². The van der Waals surface area contributed by atoms with Crippen LogP contribution in [0.3, 0.4) is 0 Å². The van der Waals surface area contributed by atoms with Gasteiger partial charge in [0.1, 0.15) is 0 Å². The van der Waals surface area contributed by atoms with E-state index in [1.54, 1.807) is 0 Å². The third-order valence-electron chi connectivity index (χ3n) is 3.35. The van der Waals surface area contributed by atoms with E-state index in [1.807, 2.05) is 45.4 Å². The van der Waals surface area contributed by atoms with Gasteiger partial charge in [-0.05, 0) is 52.7 Å². The van der Waals surface area contributed by atoms with Crippen LogP contribution in [0.1, 0.15) is 22.8 Å². The van der Waals surface area contributed by atoms with Gasteiger partial charge in [0.25, 0.3) is 5.91 Å². The smallest absolute Gasteiger partial charge is 0.251 e. The maximum absolute atomic E-state index is 12.2. The highest BCUT2D eigenvalue weighted by atomic mass is 35.5. The number of amides is 1. The van der Waals surface area contributed by atoms with E-state index in [0.29, 0.717) is 12.6 Å². The first-order valence-corrected chi connectivity index (χ1v) is 6.73. The van der Waals surface area contributed by atoms with Crippen molar-refractivity contribution in [2.24, 2.45) is 0 Å². The minimum atomic E-state index is 0. The summed E-state index contributed by atoms with van der Waals surface area (Å²) < 4.78 is 0. The summed E-state index contributed by atoms with van der Waals surface area (Å²) in [5.74, 6) is 0.0143. The molecular weight excluding hydrogens is 274 g/mol. The van der Waals surface area contributed by atoms with Gasteiger partial charge >= 0.3 is 0 Å². The van der Waals surface area contributed by atoms with Crippen LogP contribution in [-0.4, -0.2) is 51.1 Å². The van der Waals surface area contributed by atoms with E-state index in [9.17, 15) is 4.79 Å². The average molecular weight is 300 g/mol. The normalized spacial score (nSPS) is 11.8. The maximum atomic E-state index is 12.2. The van der Waals surface area contributed by atoms with Gasteiger partial charge in [-0.1, -0.05) is 18.2 Å². The monoisotopic (exact) mass is 299 g/mol. The van der Waals surface area contributed by atoms with Gasteiger partial charge in [-0.2, -0.15) is 0 Å². The van der Waals surface area contributed by atoms with E-state index in [0.717, 1.165) is 24.1 Å². The molecular formula is C15H26ClN3O. The Kier molecular flexibility index (Phi) is 9.21. The van der Waals surface area contributed by atoms with Crippen molar-refractivity contribution < 1.29 is 4.79 Å². The lowest BCUT2D eigenvalue weighted by molar-refractivity contribution is 0.0942. The van der Waals surface area contributed by atoms with E-state index in [4.69, 9.17) is 0 Å². The predicted molar refractivity (Wildman–Crippen MR) is 86.8 cm³/mol. The molecule has 0 aromatic heterocycles. The molecule has 1 unspecified atom stereocenters. The number of hydrogen-bond donors (Lipinski definition) is 2. The van der Waals surface area contributed by atoms with Gasteiger partial charge in [-0.3, -0.25) is 4.79 Å². The molecule has 0 spiro atoms. The summed E-state index contributed by atoms with van der Waals surface area (Å²) in [6.45, 7) is 3.62. The number of halogens is 1. The van der Waals surface area contributed by atoms with Gasteiger partial charge in [0.15, 0.2) is 0 Å². The summed E-state index contributed by atoms with van der Waals surface area (Å²) in [5.41, 5.74) is 1.87. The molecule has 0 radical (unpaired) electrons. The molecule has 0 fully saturated rings. The highest BCUT2D eigenvalue weighted by molar-refractivity contribution is 5.95. The van der Waals surface area contributed by atoms with Gasteiger partial charge in [0.2, 0.25) is 0 Å². The van der Waals surface area contributed by atoms with Crippen molar-refractivity contribution in [3.63, 3.8) is 0 Å². The molecule has 0 bridgehead atoms. The molecule has 1 aromatic rings. The fraction of sp³-hybridized carbons (Fsp3) is 0.533. The topological polar surface area (TPSA) is 44.4 Å². The van der Waals surface area contributed by atoms with Gasteiger partial charge < -0.3 is 15.5 Å². The van der Waals surface area contributed by atoms with Crippen LogP contribution in [0.25, 0.3) is 0 Å². The largest absolute Gasteiger partial charge is 0.350 e. The van der Waals surface area contributed by atoms with Crippen LogP contribution in [-0.2, 0) is 6.42 Å². The zero-order valence-corrected chi connectivity index (χ0v) is 13.6. The second-order valence-corrected chi connectivity index (χ2v) is 5.03. The Morgan fingerprint density at radius 1 is 1.30 bits per heavy atom. The average Bonchev–Trinajstić information content (AvgIpc) is 2.42. The Hall–Kier alpha value is -1.10. The molecule has 0 heterocycles. The minimum absolute atomic E-state index is 0. The summed E-state index contributed by atoms with van der Waals surface area (Å²) in [5, 5.41) is 6.10. The molecule has 1 rings (SSSR count). The number of nitrogens with one attached hydrogen (secondary N) is 2. The van der Waals surface area contributed by atoms with Crippen LogP contribution in [0.15, 0.2) is 24.3 Å². The molecule has 4 nitrogen and oxygen atoms in total. The predicted octanol–water partition coefficient (Wildman–Crippen LogP) is 1.55. The third kappa shape index (κ3) is 5.90. The number of carbonyl (C=O) groups is 1. The minimum Gasteiger partial charge on any atom is -0.350 e. The number of rotatable bonds is 7. The first-order chi connectivity index (χ1) is 9.06. The van der Waals surface area contributed by atoms with Crippen molar-refractivity contribution in [2.45, 2.75) is 19.4 Å². The zero-order chi connectivity index (χ0) is 14.3. The molecule has 2 N–H and O–H groups in total. The summed E-state index contributed by atoms with van der Waals surface area (Å²) in [6, 6.07) is 8.12. The molecule has 0 aliphatic heterocycles. The van der Waals surface area contributed by atoms with Crippen molar-refractivity contribution >= 4 is 18.3 Å². The van der Waals surface area contributed by atoms with Crippen molar-refractivity contribution in [3.05, 3.63) is 35.4 Å². The molecule has 1 atom stereocenters. The molecule has 0 saturated heterocycles. The first-order valence-electron chi connectivity index (χ1n) is 6.73. The second-order valence-electron chi connectivity index (χ2n) is 5.03. The summed E-state index contributed by atoms with van der Waals surface area (Å²) >= 11 is 0. The number of nitrogens with zero attached hydrogens (tertiary/aromatic N) is 1. The highest BCUT2D eigenvalue weighted by Crippen LogP contribution is 2.09. The standard InChI is InChI=1S/C15H25N3O.ClH/c1-12(18(3)4)11-17-15(19)14-8-6-5-7-13(14)9-10-16-2;/h5-8,12,16H,9-11H2,1-4H3,(H,17,19);1H. The van der Waals surface area contributed by atoms with Crippen LogP contribution >= 0.6 is 12.4 Å². The van der Waals surface area contributed by atoms with Crippen LogP contribution in [0, 0.1) is 0 Å². The van der Waals surface area contributed by atoms with Gasteiger partial charge in [-0.25, -0.2) is 0 Å². The van der Waals surface area contributed by atoms with Crippen molar-refractivity contribution in [3.8, 4) is 0 Å². The lowest BCUT2D eigenvalue weighted by Gasteiger charge is -2.20. The molecule has 5 heteroatoms. The first kappa shape index (κ1) is 18.9. The Balaban J connectivity index is 0.00000361. The van der Waals surface area contributed by atoms with E-state index < -0.39 is 0 Å². The third-order valence-corrected chi connectivity index (χ3v) is 3.35. The van der Waals surface area contributed by atoms with Crippen molar-refractivity contribution in [2.75, 3.05) is 34.2 Å². The lowest BCUT2D eigenvalue weighted by Crippen LogP contribution is -2.38. The second kappa shape index (κ2) is 9.75. The Morgan fingerprint density at radius 3 is 2.55 bits per heavy atom. The van der Waals surface area contributed by atoms with Crippen molar-refractivity contribution in [1.29, 1.82) is 0 Å². The van der Waals surface area contributed by atoms with Gasteiger partial charge in [0, 0.05) is 18.2 Å². The Labute approximate surface area is 128 Å². The number of hydrogen-bond acceptors (Lipinski definition) is 3. The molecule has 1 amide bonds. The van der Waals surface area contributed by atoms with Gasteiger partial charge in [-0.15, -0.1) is 12.4 Å². The molecule has 0 saturated carbocycles. The summed E-state index contributed by atoms with van der Waals surface area (Å²) in [4.78, 5) is 14.3. The zero-order valence-electron chi connectivity index (χ0n) is 12.8. The molecule has 114 valence electrons. The van der Waals surface area contributed by atoms with E-state index in [2.05, 4.69) is 22.5 Å². The number of likely N-dealkylation sites (N-methyl/N-ethyl adjacent to an activating group) is 2. The number of carbonyl (C=O) groups excluding carboxylic acids is 1. The molecule has 0 aliphatic carbocycles. The van der Waals surface area contributed by atoms with E-state index in [1.165, 1.54) is 0 Å². The molecule has 1 aromatic carbocycles.